The van der Waals surface area contributed by atoms with Crippen molar-refractivity contribution in [2.24, 2.45) is 11.8 Å². The van der Waals surface area contributed by atoms with Crippen LogP contribution in [-0.2, 0) is 4.79 Å². The van der Waals surface area contributed by atoms with Gasteiger partial charge in [0.15, 0.2) is 11.5 Å². The van der Waals surface area contributed by atoms with Gasteiger partial charge in [-0.1, -0.05) is 12.8 Å². The van der Waals surface area contributed by atoms with Crippen LogP contribution in [0, 0.1) is 23.2 Å². The number of hydrogen-bond donors (Lipinski definition) is 1. The van der Waals surface area contributed by atoms with E-state index in [1.54, 1.807) is 6.07 Å². The lowest BCUT2D eigenvalue weighted by Gasteiger charge is -2.09. The first-order valence-corrected chi connectivity index (χ1v) is 7.84. The van der Waals surface area contributed by atoms with Gasteiger partial charge in [-0.25, -0.2) is 4.98 Å². The summed E-state index contributed by atoms with van der Waals surface area (Å²) in [5.41, 5.74) is 2.16. The first kappa shape index (κ1) is 13.3. The molecule has 1 aromatic carbocycles. The molecule has 2 aromatic rings. The van der Waals surface area contributed by atoms with Gasteiger partial charge >= 0.3 is 0 Å². The molecule has 4 rings (SSSR count). The monoisotopic (exact) mass is 295 g/mol. The van der Waals surface area contributed by atoms with Crippen LogP contribution in [0.5, 0.6) is 0 Å². The van der Waals surface area contributed by atoms with E-state index in [0.717, 1.165) is 37.1 Å². The fraction of sp³-hybridized carbons (Fsp3) is 0.471. The minimum absolute atomic E-state index is 0.226. The van der Waals surface area contributed by atoms with Gasteiger partial charge < -0.3 is 9.73 Å². The highest BCUT2D eigenvalue weighted by molar-refractivity contribution is 5.95. The Bertz CT molecular complexity index is 766. The average Bonchev–Trinajstić information content (AvgIpc) is 3.42. The number of nitrogens with zero attached hydrogens (tertiary/aromatic N) is 2. The molecule has 2 aliphatic rings. The molecule has 1 heterocycles. The fourth-order valence-corrected chi connectivity index (χ4v) is 2.66. The molecule has 2 fully saturated rings. The smallest absolute Gasteiger partial charge is 0.241 e. The van der Waals surface area contributed by atoms with Crippen molar-refractivity contribution in [1.82, 2.24) is 4.98 Å². The highest BCUT2D eigenvalue weighted by Crippen LogP contribution is 2.40. The minimum Gasteiger partial charge on any atom is -0.440 e. The molecule has 0 bridgehead atoms. The molecule has 0 radical (unpaired) electrons. The zero-order chi connectivity index (χ0) is 15.1. The Balaban J connectivity index is 1.50. The van der Waals surface area contributed by atoms with E-state index in [2.05, 4.69) is 16.4 Å². The van der Waals surface area contributed by atoms with E-state index >= 15 is 0 Å². The molecule has 0 aliphatic heterocycles. The number of nitriles is 1. The third kappa shape index (κ3) is 2.69. The van der Waals surface area contributed by atoms with Crippen LogP contribution >= 0.6 is 0 Å². The van der Waals surface area contributed by atoms with E-state index in [-0.39, 0.29) is 5.91 Å². The van der Waals surface area contributed by atoms with Crippen LogP contribution in [0.4, 0.5) is 5.69 Å². The summed E-state index contributed by atoms with van der Waals surface area (Å²) in [5.74, 6) is 1.01. The first-order chi connectivity index (χ1) is 10.7. The maximum atomic E-state index is 12.2. The molecule has 0 unspecified atom stereocenters. The van der Waals surface area contributed by atoms with Gasteiger partial charge in [0.2, 0.25) is 5.91 Å². The summed E-state index contributed by atoms with van der Waals surface area (Å²) in [6.07, 6.45) is 5.22. The van der Waals surface area contributed by atoms with Crippen molar-refractivity contribution >= 4 is 22.7 Å². The summed E-state index contributed by atoms with van der Waals surface area (Å²) in [6, 6.07) is 7.56. The second-order valence-corrected chi connectivity index (χ2v) is 6.36. The minimum atomic E-state index is -0.569. The summed E-state index contributed by atoms with van der Waals surface area (Å²) >= 11 is 0. The van der Waals surface area contributed by atoms with Crippen LogP contribution < -0.4 is 5.32 Å². The van der Waals surface area contributed by atoms with E-state index < -0.39 is 5.92 Å². The topological polar surface area (TPSA) is 78.9 Å². The van der Waals surface area contributed by atoms with Crippen LogP contribution in [0.3, 0.4) is 0 Å². The molecule has 0 spiro atoms. The Labute approximate surface area is 128 Å². The number of nitrogens with one attached hydrogen (secondary N) is 1. The van der Waals surface area contributed by atoms with E-state index in [1.165, 1.54) is 0 Å². The molecule has 0 saturated heterocycles. The molecule has 22 heavy (non-hydrogen) atoms. The number of benzene rings is 1. The van der Waals surface area contributed by atoms with Gasteiger partial charge in [0, 0.05) is 17.7 Å². The van der Waals surface area contributed by atoms with Gasteiger partial charge in [-0.05, 0) is 37.3 Å². The summed E-state index contributed by atoms with van der Waals surface area (Å²) in [7, 11) is 0. The number of carbonyl (C=O) groups excluding carboxylic acids is 1. The zero-order valence-corrected chi connectivity index (χ0v) is 12.2. The molecule has 1 atom stereocenters. The molecule has 1 aromatic heterocycles. The van der Waals surface area contributed by atoms with Crippen LogP contribution in [-0.4, -0.2) is 10.9 Å². The van der Waals surface area contributed by atoms with Crippen molar-refractivity contribution in [3.05, 3.63) is 24.1 Å². The van der Waals surface area contributed by atoms with Crippen molar-refractivity contribution in [2.75, 3.05) is 5.32 Å². The van der Waals surface area contributed by atoms with Gasteiger partial charge in [-0.15, -0.1) is 0 Å². The van der Waals surface area contributed by atoms with Crippen LogP contribution in [0.1, 0.15) is 43.9 Å². The number of amides is 1. The Morgan fingerprint density at radius 2 is 2.23 bits per heavy atom. The molecule has 1 N–H and O–H groups in total. The van der Waals surface area contributed by atoms with Crippen LogP contribution in [0.25, 0.3) is 11.1 Å². The lowest BCUT2D eigenvalue weighted by atomic mass is 10.0. The molecule has 2 saturated carbocycles. The maximum absolute atomic E-state index is 12.2. The number of fused-ring (bicyclic) bond motifs is 1. The number of oxazole rings is 1. The van der Waals surface area contributed by atoms with Gasteiger partial charge in [-0.3, -0.25) is 4.79 Å². The van der Waals surface area contributed by atoms with Crippen molar-refractivity contribution in [3.8, 4) is 6.07 Å². The van der Waals surface area contributed by atoms with Crippen LogP contribution in [0.2, 0.25) is 0 Å². The standard InChI is InChI=1S/C17H17N3O2/c18-9-12(7-10-1-2-10)16(21)19-13-5-6-14-15(8-13)22-17(20-14)11-3-4-11/h5-6,8,10-12H,1-4,7H2,(H,19,21)/t12-/m1/s1. The predicted molar refractivity (Wildman–Crippen MR) is 81.1 cm³/mol. The van der Waals surface area contributed by atoms with Crippen molar-refractivity contribution in [3.63, 3.8) is 0 Å². The van der Waals surface area contributed by atoms with E-state index in [1.807, 2.05) is 12.1 Å². The Kier molecular flexibility index (Phi) is 3.11. The predicted octanol–water partition coefficient (Wildman–Crippen LogP) is 3.58. The zero-order valence-electron chi connectivity index (χ0n) is 12.2. The SMILES string of the molecule is N#C[C@@H](CC1CC1)C(=O)Nc1ccc2nc(C3CC3)oc2c1. The Morgan fingerprint density at radius 1 is 1.41 bits per heavy atom. The third-order valence-corrected chi connectivity index (χ3v) is 4.34. The average molecular weight is 295 g/mol. The molecular weight excluding hydrogens is 278 g/mol. The first-order valence-electron chi connectivity index (χ1n) is 7.84. The lowest BCUT2D eigenvalue weighted by Crippen LogP contribution is -2.22. The summed E-state index contributed by atoms with van der Waals surface area (Å²) in [5, 5.41) is 12.0. The van der Waals surface area contributed by atoms with Gasteiger partial charge in [0.05, 0.1) is 6.07 Å². The summed E-state index contributed by atoms with van der Waals surface area (Å²) < 4.78 is 5.75. The lowest BCUT2D eigenvalue weighted by molar-refractivity contribution is -0.118. The third-order valence-electron chi connectivity index (χ3n) is 4.34. The van der Waals surface area contributed by atoms with Crippen LogP contribution in [0.15, 0.2) is 22.6 Å². The highest BCUT2D eigenvalue weighted by Gasteiger charge is 2.30. The highest BCUT2D eigenvalue weighted by atomic mass is 16.3. The largest absolute Gasteiger partial charge is 0.440 e. The van der Waals surface area contributed by atoms with E-state index in [0.29, 0.717) is 29.5 Å². The molecule has 112 valence electrons. The van der Waals surface area contributed by atoms with E-state index in [9.17, 15) is 4.79 Å². The molecule has 5 heteroatoms. The van der Waals surface area contributed by atoms with Gasteiger partial charge in [0.25, 0.3) is 0 Å². The van der Waals surface area contributed by atoms with Gasteiger partial charge in [-0.2, -0.15) is 5.26 Å². The molecule has 2 aliphatic carbocycles. The number of rotatable bonds is 5. The van der Waals surface area contributed by atoms with Gasteiger partial charge in [0.1, 0.15) is 11.4 Å². The summed E-state index contributed by atoms with van der Waals surface area (Å²) in [4.78, 5) is 16.6. The number of anilines is 1. The van der Waals surface area contributed by atoms with Crippen molar-refractivity contribution in [1.29, 1.82) is 5.26 Å². The quantitative estimate of drug-likeness (QED) is 0.914. The second-order valence-electron chi connectivity index (χ2n) is 6.36. The second kappa shape index (κ2) is 5.13. The fourth-order valence-electron chi connectivity index (χ4n) is 2.66. The summed E-state index contributed by atoms with van der Waals surface area (Å²) in [6.45, 7) is 0. The van der Waals surface area contributed by atoms with E-state index in [4.69, 9.17) is 9.68 Å². The Hall–Kier alpha value is -2.35. The molecule has 1 amide bonds. The maximum Gasteiger partial charge on any atom is 0.241 e. The normalized spacial score (nSPS) is 18.9. The molecule has 5 nitrogen and oxygen atoms in total. The number of aromatic nitrogens is 1. The van der Waals surface area contributed by atoms with Crippen molar-refractivity contribution < 1.29 is 9.21 Å². The Morgan fingerprint density at radius 3 is 2.91 bits per heavy atom. The number of hydrogen-bond acceptors (Lipinski definition) is 4. The van der Waals surface area contributed by atoms with Crippen molar-refractivity contribution in [2.45, 2.75) is 38.0 Å². The molecular formula is C17H17N3O2. The number of carbonyl (C=O) groups is 1.